The zero-order valence-electron chi connectivity index (χ0n) is 13.3. The summed E-state index contributed by atoms with van der Waals surface area (Å²) in [7, 11) is 3.08. The molecule has 0 bridgehead atoms. The van der Waals surface area contributed by atoms with E-state index < -0.39 is 5.97 Å². The Hall–Kier alpha value is -3.28. The van der Waals surface area contributed by atoms with Gasteiger partial charge in [-0.1, -0.05) is 12.1 Å². The molecule has 24 heavy (non-hydrogen) atoms. The van der Waals surface area contributed by atoms with Gasteiger partial charge in [0.05, 0.1) is 19.8 Å². The summed E-state index contributed by atoms with van der Waals surface area (Å²) < 4.78 is 10.3. The Morgan fingerprint density at radius 2 is 1.79 bits per heavy atom. The topological polar surface area (TPSA) is 84.9 Å². The van der Waals surface area contributed by atoms with E-state index in [0.29, 0.717) is 17.2 Å². The summed E-state index contributed by atoms with van der Waals surface area (Å²) >= 11 is 0. The number of benzene rings is 2. The molecule has 0 spiro atoms. The maximum atomic E-state index is 11.9. The van der Waals surface area contributed by atoms with Crippen molar-refractivity contribution in [2.45, 2.75) is 0 Å². The minimum Gasteiger partial charge on any atom is -0.493 e. The Bertz CT molecular complexity index is 783. The maximum absolute atomic E-state index is 11.9. The van der Waals surface area contributed by atoms with Crippen LogP contribution < -0.4 is 14.8 Å². The Morgan fingerprint density at radius 3 is 2.46 bits per heavy atom. The van der Waals surface area contributed by atoms with Crippen LogP contribution in [-0.4, -0.2) is 31.2 Å². The van der Waals surface area contributed by atoms with Crippen LogP contribution in [-0.2, 0) is 4.79 Å². The molecule has 6 nitrogen and oxygen atoms in total. The van der Waals surface area contributed by atoms with Gasteiger partial charge in [0.2, 0.25) is 5.91 Å². The molecule has 2 aromatic carbocycles. The summed E-state index contributed by atoms with van der Waals surface area (Å²) in [6.07, 6.45) is 2.98. The third-order valence-corrected chi connectivity index (χ3v) is 3.21. The summed E-state index contributed by atoms with van der Waals surface area (Å²) in [5.41, 5.74) is 1.29. The average Bonchev–Trinajstić information content (AvgIpc) is 2.59. The Labute approximate surface area is 139 Å². The lowest BCUT2D eigenvalue weighted by molar-refractivity contribution is -0.111. The van der Waals surface area contributed by atoms with Gasteiger partial charge in [0.25, 0.3) is 0 Å². The Morgan fingerprint density at radius 1 is 1.04 bits per heavy atom. The van der Waals surface area contributed by atoms with E-state index in [1.165, 1.54) is 25.3 Å². The molecule has 0 aliphatic carbocycles. The molecule has 0 saturated carbocycles. The number of aromatic carboxylic acids is 1. The highest BCUT2D eigenvalue weighted by atomic mass is 16.5. The van der Waals surface area contributed by atoms with Crippen LogP contribution in [0.2, 0.25) is 0 Å². The van der Waals surface area contributed by atoms with E-state index in [-0.39, 0.29) is 11.5 Å². The second-order valence-corrected chi connectivity index (χ2v) is 4.82. The smallest absolute Gasteiger partial charge is 0.335 e. The highest BCUT2D eigenvalue weighted by Crippen LogP contribution is 2.27. The first-order chi connectivity index (χ1) is 11.5. The fourth-order valence-corrected chi connectivity index (χ4v) is 2.04. The van der Waals surface area contributed by atoms with Crippen LogP contribution in [0, 0.1) is 0 Å². The number of rotatable bonds is 6. The van der Waals surface area contributed by atoms with E-state index in [4.69, 9.17) is 14.6 Å². The highest BCUT2D eigenvalue weighted by Gasteiger charge is 2.05. The number of carboxylic acids is 1. The molecule has 2 rings (SSSR count). The van der Waals surface area contributed by atoms with Gasteiger partial charge in [0, 0.05) is 11.8 Å². The second kappa shape index (κ2) is 7.82. The minimum absolute atomic E-state index is 0.108. The number of carbonyl (C=O) groups excluding carboxylic acids is 1. The van der Waals surface area contributed by atoms with Crippen molar-refractivity contribution in [1.82, 2.24) is 0 Å². The Kier molecular flexibility index (Phi) is 5.57. The molecule has 0 saturated heterocycles. The third-order valence-electron chi connectivity index (χ3n) is 3.21. The number of anilines is 1. The molecule has 0 fully saturated rings. The lowest BCUT2D eigenvalue weighted by atomic mass is 10.2. The van der Waals surface area contributed by atoms with Crippen LogP contribution in [0.4, 0.5) is 5.69 Å². The van der Waals surface area contributed by atoms with Crippen LogP contribution in [0.25, 0.3) is 6.08 Å². The van der Waals surface area contributed by atoms with Crippen LogP contribution >= 0.6 is 0 Å². The first-order valence-corrected chi connectivity index (χ1v) is 7.08. The zero-order valence-corrected chi connectivity index (χ0v) is 13.3. The molecule has 0 radical (unpaired) electrons. The monoisotopic (exact) mass is 327 g/mol. The van der Waals surface area contributed by atoms with Crippen LogP contribution in [0.1, 0.15) is 15.9 Å². The molecule has 0 atom stereocenters. The fraction of sp³-hybridized carbons (Fsp3) is 0.111. The molecule has 0 unspecified atom stereocenters. The molecule has 1 amide bonds. The van der Waals surface area contributed by atoms with Crippen molar-refractivity contribution in [3.8, 4) is 11.5 Å². The molecule has 0 aliphatic heterocycles. The number of amides is 1. The van der Waals surface area contributed by atoms with Crippen LogP contribution in [0.3, 0.4) is 0 Å². The third kappa shape index (κ3) is 4.36. The van der Waals surface area contributed by atoms with E-state index in [9.17, 15) is 9.59 Å². The van der Waals surface area contributed by atoms with Gasteiger partial charge in [-0.25, -0.2) is 4.79 Å². The summed E-state index contributed by atoms with van der Waals surface area (Å²) in [4.78, 5) is 22.9. The van der Waals surface area contributed by atoms with Gasteiger partial charge >= 0.3 is 5.97 Å². The van der Waals surface area contributed by atoms with E-state index in [1.54, 1.807) is 43.5 Å². The molecule has 124 valence electrons. The van der Waals surface area contributed by atoms with Gasteiger partial charge in [0.1, 0.15) is 0 Å². The van der Waals surface area contributed by atoms with E-state index in [0.717, 1.165) is 5.56 Å². The van der Waals surface area contributed by atoms with Crippen molar-refractivity contribution < 1.29 is 24.2 Å². The summed E-state index contributed by atoms with van der Waals surface area (Å²) in [6.45, 7) is 0. The maximum Gasteiger partial charge on any atom is 0.335 e. The van der Waals surface area contributed by atoms with Gasteiger partial charge in [-0.05, 0) is 42.0 Å². The number of carbonyl (C=O) groups is 2. The normalized spacial score (nSPS) is 10.4. The molecule has 0 heterocycles. The summed E-state index contributed by atoms with van der Waals surface area (Å²) in [5.74, 6) is -0.252. The first kappa shape index (κ1) is 17.1. The van der Waals surface area contributed by atoms with Crippen LogP contribution in [0.15, 0.2) is 48.5 Å². The number of nitrogens with one attached hydrogen (secondary N) is 1. The van der Waals surface area contributed by atoms with Gasteiger partial charge in [-0.3, -0.25) is 4.79 Å². The van der Waals surface area contributed by atoms with E-state index >= 15 is 0 Å². The van der Waals surface area contributed by atoms with E-state index in [1.807, 2.05) is 0 Å². The number of carboxylic acid groups (broad SMARTS) is 1. The second-order valence-electron chi connectivity index (χ2n) is 4.82. The number of hydrogen-bond donors (Lipinski definition) is 2. The van der Waals surface area contributed by atoms with Crippen LogP contribution in [0.5, 0.6) is 11.5 Å². The molecular weight excluding hydrogens is 310 g/mol. The van der Waals surface area contributed by atoms with Gasteiger partial charge in [-0.15, -0.1) is 0 Å². The highest BCUT2D eigenvalue weighted by molar-refractivity contribution is 6.02. The summed E-state index contributed by atoms with van der Waals surface area (Å²) in [5, 5.41) is 11.6. The quantitative estimate of drug-likeness (QED) is 0.797. The van der Waals surface area contributed by atoms with Gasteiger partial charge in [-0.2, -0.15) is 0 Å². The van der Waals surface area contributed by atoms with Crippen molar-refractivity contribution in [2.75, 3.05) is 19.5 Å². The van der Waals surface area contributed by atoms with Gasteiger partial charge < -0.3 is 19.9 Å². The molecular formula is C18H17NO5. The largest absolute Gasteiger partial charge is 0.493 e. The zero-order chi connectivity index (χ0) is 17.5. The molecule has 0 aromatic heterocycles. The minimum atomic E-state index is -1.05. The molecule has 2 N–H and O–H groups in total. The molecule has 0 aliphatic rings. The number of ether oxygens (including phenoxy) is 2. The van der Waals surface area contributed by atoms with Gasteiger partial charge in [0.15, 0.2) is 11.5 Å². The SMILES string of the molecule is COc1ccc(/C=C/C(=O)Nc2cccc(C(=O)O)c2)cc1OC. The molecule has 2 aromatic rings. The number of hydrogen-bond acceptors (Lipinski definition) is 4. The van der Waals surface area contributed by atoms with Crippen molar-refractivity contribution in [3.05, 3.63) is 59.7 Å². The van der Waals surface area contributed by atoms with Crippen molar-refractivity contribution in [1.29, 1.82) is 0 Å². The van der Waals surface area contributed by atoms with E-state index in [2.05, 4.69) is 5.32 Å². The van der Waals surface area contributed by atoms with Crippen molar-refractivity contribution in [3.63, 3.8) is 0 Å². The predicted molar refractivity (Wildman–Crippen MR) is 90.6 cm³/mol. The average molecular weight is 327 g/mol. The lowest BCUT2D eigenvalue weighted by Crippen LogP contribution is -2.08. The Balaban J connectivity index is 2.08. The van der Waals surface area contributed by atoms with Crippen molar-refractivity contribution >= 4 is 23.6 Å². The first-order valence-electron chi connectivity index (χ1n) is 7.08. The number of methoxy groups -OCH3 is 2. The summed E-state index contributed by atoms with van der Waals surface area (Å²) in [6, 6.07) is 11.3. The van der Waals surface area contributed by atoms with Crippen molar-refractivity contribution in [2.24, 2.45) is 0 Å². The predicted octanol–water partition coefficient (Wildman–Crippen LogP) is 3.05. The standard InChI is InChI=1S/C18H17NO5/c1-23-15-8-6-12(10-16(15)24-2)7-9-17(20)19-14-5-3-4-13(11-14)18(21)22/h3-11H,1-2H3,(H,19,20)(H,21,22)/b9-7+. The fourth-order valence-electron chi connectivity index (χ4n) is 2.04. The lowest BCUT2D eigenvalue weighted by Gasteiger charge is -2.07. The molecule has 6 heteroatoms.